The molecule has 1 aliphatic heterocycles. The Hall–Kier alpha value is -1.73. The number of sulfonamides is 1. The molecule has 6 nitrogen and oxygen atoms in total. The summed E-state index contributed by atoms with van der Waals surface area (Å²) in [5.41, 5.74) is 0. The lowest BCUT2D eigenvalue weighted by atomic mass is 10.0. The Bertz CT molecular complexity index is 742. The van der Waals surface area contributed by atoms with Crippen molar-refractivity contribution < 1.29 is 8.42 Å². The molecule has 124 valence electrons. The van der Waals surface area contributed by atoms with E-state index in [2.05, 4.69) is 9.97 Å². The maximum atomic E-state index is 12.9. The molecule has 0 N–H and O–H groups in total. The summed E-state index contributed by atoms with van der Waals surface area (Å²) in [4.78, 5) is 8.56. The van der Waals surface area contributed by atoms with Gasteiger partial charge in [0.15, 0.2) is 0 Å². The van der Waals surface area contributed by atoms with Crippen LogP contribution in [-0.4, -0.2) is 39.8 Å². The first-order valence-electron chi connectivity index (χ1n) is 7.97. The zero-order valence-corrected chi connectivity index (χ0v) is 14.1. The van der Waals surface area contributed by atoms with Crippen LogP contribution in [0, 0.1) is 0 Å². The van der Waals surface area contributed by atoms with Gasteiger partial charge in [-0.3, -0.25) is 4.98 Å². The van der Waals surface area contributed by atoms with Gasteiger partial charge in [-0.25, -0.2) is 13.4 Å². The molecule has 23 heavy (non-hydrogen) atoms. The molecule has 0 amide bonds. The van der Waals surface area contributed by atoms with E-state index in [0.717, 1.165) is 37.9 Å². The summed E-state index contributed by atoms with van der Waals surface area (Å²) in [6.07, 6.45) is 11.2. The van der Waals surface area contributed by atoms with Gasteiger partial charge in [-0.15, -0.1) is 0 Å². The van der Waals surface area contributed by atoms with E-state index in [1.54, 1.807) is 28.8 Å². The second kappa shape index (κ2) is 6.80. The lowest BCUT2D eigenvalue weighted by Crippen LogP contribution is -2.43. The van der Waals surface area contributed by atoms with E-state index in [1.807, 2.05) is 17.8 Å². The van der Waals surface area contributed by atoms with Crippen molar-refractivity contribution in [3.8, 4) is 0 Å². The van der Waals surface area contributed by atoms with Crippen LogP contribution in [0.2, 0.25) is 0 Å². The fraction of sp³-hybridized carbons (Fsp3) is 0.500. The minimum atomic E-state index is -3.47. The molecule has 1 aliphatic rings. The van der Waals surface area contributed by atoms with Gasteiger partial charge in [-0.2, -0.15) is 4.31 Å². The Balaban J connectivity index is 1.77. The molecule has 7 heteroatoms. The number of hydrogen-bond acceptors (Lipinski definition) is 4. The Morgan fingerprint density at radius 1 is 1.30 bits per heavy atom. The molecule has 0 bridgehead atoms. The number of pyridine rings is 1. The van der Waals surface area contributed by atoms with E-state index < -0.39 is 10.0 Å². The van der Waals surface area contributed by atoms with Crippen LogP contribution in [-0.2, 0) is 23.5 Å². The van der Waals surface area contributed by atoms with Gasteiger partial charge in [0.25, 0.3) is 0 Å². The quantitative estimate of drug-likeness (QED) is 0.838. The number of aromatic nitrogens is 3. The third kappa shape index (κ3) is 3.45. The third-order valence-corrected chi connectivity index (χ3v) is 6.37. The summed E-state index contributed by atoms with van der Waals surface area (Å²) in [6.45, 7) is 0.586. The van der Waals surface area contributed by atoms with Gasteiger partial charge in [0.05, 0.1) is 0 Å². The fourth-order valence-electron chi connectivity index (χ4n) is 3.15. The average molecular weight is 334 g/mol. The van der Waals surface area contributed by atoms with Crippen molar-refractivity contribution in [3.05, 3.63) is 42.7 Å². The van der Waals surface area contributed by atoms with Crippen molar-refractivity contribution in [3.63, 3.8) is 0 Å². The van der Waals surface area contributed by atoms with Crippen molar-refractivity contribution in [2.45, 2.75) is 43.0 Å². The van der Waals surface area contributed by atoms with Crippen molar-refractivity contribution in [2.24, 2.45) is 7.05 Å². The standard InChI is InChI=1S/C16H22N4O2S/c1-19-12-10-18-16(19)8-7-14-5-2-3-11-20(14)23(21,22)15-6-4-9-17-13-15/h4,6,9-10,12-14H,2-3,5,7-8,11H2,1H3. The molecule has 2 aromatic rings. The van der Waals surface area contributed by atoms with Crippen LogP contribution in [0.15, 0.2) is 41.8 Å². The first-order valence-corrected chi connectivity index (χ1v) is 9.41. The molecule has 0 spiro atoms. The fourth-order valence-corrected chi connectivity index (χ4v) is 4.84. The minimum absolute atomic E-state index is 0.0330. The molecule has 0 aromatic carbocycles. The number of piperidine rings is 1. The molecule has 0 saturated carbocycles. The largest absolute Gasteiger partial charge is 0.338 e. The Labute approximate surface area is 137 Å². The summed E-state index contributed by atoms with van der Waals surface area (Å²) in [5.74, 6) is 0.995. The number of rotatable bonds is 5. The van der Waals surface area contributed by atoms with Gasteiger partial charge in [0.1, 0.15) is 10.7 Å². The zero-order chi connectivity index (χ0) is 16.3. The average Bonchev–Trinajstić information content (AvgIpc) is 2.99. The van der Waals surface area contributed by atoms with Crippen molar-refractivity contribution in [1.82, 2.24) is 18.8 Å². The number of aryl methyl sites for hydroxylation is 2. The summed E-state index contributed by atoms with van der Waals surface area (Å²) < 4.78 is 29.4. The van der Waals surface area contributed by atoms with E-state index in [4.69, 9.17) is 0 Å². The molecular formula is C16H22N4O2S. The number of hydrogen-bond donors (Lipinski definition) is 0. The monoisotopic (exact) mass is 334 g/mol. The molecule has 1 fully saturated rings. The van der Waals surface area contributed by atoms with Gasteiger partial charge in [-0.1, -0.05) is 6.42 Å². The highest BCUT2D eigenvalue weighted by Gasteiger charge is 2.33. The zero-order valence-electron chi connectivity index (χ0n) is 13.3. The van der Waals surface area contributed by atoms with Crippen LogP contribution in [0.5, 0.6) is 0 Å². The maximum absolute atomic E-state index is 12.9. The number of imidazole rings is 1. The van der Waals surface area contributed by atoms with Gasteiger partial charge in [0.2, 0.25) is 10.0 Å². The Morgan fingerprint density at radius 2 is 2.17 bits per heavy atom. The smallest absolute Gasteiger partial charge is 0.244 e. The van der Waals surface area contributed by atoms with Crippen LogP contribution in [0.1, 0.15) is 31.5 Å². The van der Waals surface area contributed by atoms with E-state index >= 15 is 0 Å². The van der Waals surface area contributed by atoms with Crippen molar-refractivity contribution in [1.29, 1.82) is 0 Å². The lowest BCUT2D eigenvalue weighted by molar-refractivity contribution is 0.239. The molecule has 3 rings (SSSR count). The second-order valence-corrected chi connectivity index (χ2v) is 7.84. The predicted molar refractivity (Wildman–Crippen MR) is 87.3 cm³/mol. The van der Waals surface area contributed by atoms with E-state index in [-0.39, 0.29) is 10.9 Å². The van der Waals surface area contributed by atoms with Gasteiger partial charge in [0, 0.05) is 50.8 Å². The summed E-state index contributed by atoms with van der Waals surface area (Å²) in [5, 5.41) is 0. The summed E-state index contributed by atoms with van der Waals surface area (Å²) in [7, 11) is -1.50. The second-order valence-electron chi connectivity index (χ2n) is 5.95. The highest BCUT2D eigenvalue weighted by molar-refractivity contribution is 7.89. The van der Waals surface area contributed by atoms with E-state index in [9.17, 15) is 8.42 Å². The molecule has 2 aromatic heterocycles. The summed E-state index contributed by atoms with van der Waals surface area (Å²) >= 11 is 0. The SMILES string of the molecule is Cn1ccnc1CCC1CCCCN1S(=O)(=O)c1cccnc1. The molecule has 1 atom stereocenters. The molecule has 1 unspecified atom stereocenters. The Morgan fingerprint density at radius 3 is 2.87 bits per heavy atom. The highest BCUT2D eigenvalue weighted by Crippen LogP contribution is 2.27. The molecule has 0 aliphatic carbocycles. The van der Waals surface area contributed by atoms with Gasteiger partial charge < -0.3 is 4.57 Å². The van der Waals surface area contributed by atoms with E-state index in [0.29, 0.717) is 6.54 Å². The molecular weight excluding hydrogens is 312 g/mol. The molecule has 0 radical (unpaired) electrons. The topological polar surface area (TPSA) is 68.1 Å². The first-order chi connectivity index (χ1) is 11.1. The van der Waals surface area contributed by atoms with Crippen LogP contribution < -0.4 is 0 Å². The minimum Gasteiger partial charge on any atom is -0.338 e. The van der Waals surface area contributed by atoms with Crippen molar-refractivity contribution in [2.75, 3.05) is 6.54 Å². The predicted octanol–water partition coefficient (Wildman–Crippen LogP) is 1.99. The van der Waals surface area contributed by atoms with Crippen molar-refractivity contribution >= 4 is 10.0 Å². The van der Waals surface area contributed by atoms with Crippen LogP contribution in [0.4, 0.5) is 0 Å². The normalized spacial score (nSPS) is 19.8. The highest BCUT2D eigenvalue weighted by atomic mass is 32.2. The number of nitrogens with zero attached hydrogens (tertiary/aromatic N) is 4. The third-order valence-electron chi connectivity index (χ3n) is 4.44. The molecule has 1 saturated heterocycles. The lowest BCUT2D eigenvalue weighted by Gasteiger charge is -2.34. The maximum Gasteiger partial charge on any atom is 0.244 e. The van der Waals surface area contributed by atoms with Gasteiger partial charge >= 0.3 is 0 Å². The van der Waals surface area contributed by atoms with Crippen LogP contribution >= 0.6 is 0 Å². The Kier molecular flexibility index (Phi) is 4.77. The van der Waals surface area contributed by atoms with Gasteiger partial charge in [-0.05, 0) is 31.4 Å². The van der Waals surface area contributed by atoms with Crippen LogP contribution in [0.3, 0.4) is 0 Å². The first kappa shape index (κ1) is 16.1. The van der Waals surface area contributed by atoms with Crippen LogP contribution in [0.25, 0.3) is 0 Å². The summed E-state index contributed by atoms with van der Waals surface area (Å²) in [6, 6.07) is 3.32. The van der Waals surface area contributed by atoms with E-state index in [1.165, 1.54) is 6.20 Å². The molecule has 3 heterocycles.